The van der Waals surface area contributed by atoms with E-state index in [9.17, 15) is 14.4 Å². The Balaban J connectivity index is 1.48. The second-order valence-corrected chi connectivity index (χ2v) is 7.88. The molecule has 0 atom stereocenters. The molecule has 1 aliphatic rings. The van der Waals surface area contributed by atoms with Crippen molar-refractivity contribution in [1.82, 2.24) is 10.3 Å². The Morgan fingerprint density at radius 3 is 2.86 bits per heavy atom. The highest BCUT2D eigenvalue weighted by atomic mass is 35.5. The van der Waals surface area contributed by atoms with Crippen LogP contribution >= 0.6 is 11.6 Å². The first-order chi connectivity index (χ1) is 17.0. The third-order valence-electron chi connectivity index (χ3n) is 5.09. The first kappa shape index (κ1) is 24.2. The molecular weight excluding hydrogens is 478 g/mol. The number of nitrogens with zero attached hydrogens (tertiary/aromatic N) is 2. The average molecular weight is 500 g/mol. The monoisotopic (exact) mass is 499 g/mol. The number of fused-ring (bicyclic) bond motifs is 1. The predicted octanol–water partition coefficient (Wildman–Crippen LogP) is 2.89. The van der Waals surface area contributed by atoms with Crippen LogP contribution in [-0.4, -0.2) is 56.1 Å². The number of para-hydroxylation sites is 1. The average Bonchev–Trinajstić information content (AvgIpc) is 3.34. The van der Waals surface area contributed by atoms with Crippen molar-refractivity contribution in [2.24, 2.45) is 0 Å². The summed E-state index contributed by atoms with van der Waals surface area (Å²) in [6, 6.07) is 11.6. The van der Waals surface area contributed by atoms with Crippen LogP contribution in [0.2, 0.25) is 5.02 Å². The number of halogens is 1. The molecule has 0 radical (unpaired) electrons. The van der Waals surface area contributed by atoms with E-state index in [1.54, 1.807) is 42.5 Å². The van der Waals surface area contributed by atoms with Gasteiger partial charge in [0.2, 0.25) is 5.89 Å². The zero-order valence-corrected chi connectivity index (χ0v) is 19.5. The number of carbonyl (C=O) groups excluding carboxylic acids is 3. The number of benzene rings is 2. The minimum Gasteiger partial charge on any atom is -0.484 e. The van der Waals surface area contributed by atoms with E-state index in [1.165, 1.54) is 18.3 Å². The summed E-state index contributed by atoms with van der Waals surface area (Å²) in [6.07, 6.45) is 1.22. The third kappa shape index (κ3) is 5.79. The van der Waals surface area contributed by atoms with Gasteiger partial charge in [0, 0.05) is 19.2 Å². The van der Waals surface area contributed by atoms with Crippen molar-refractivity contribution in [3.05, 3.63) is 70.9 Å². The lowest BCUT2D eigenvalue weighted by atomic mass is 10.1. The lowest BCUT2D eigenvalue weighted by Crippen LogP contribution is -2.38. The molecule has 0 fully saturated rings. The quantitative estimate of drug-likeness (QED) is 0.334. The molecule has 2 amide bonds. The summed E-state index contributed by atoms with van der Waals surface area (Å²) in [4.78, 5) is 43.1. The number of ketones is 1. The van der Waals surface area contributed by atoms with Crippen molar-refractivity contribution in [3.8, 4) is 11.5 Å². The second kappa shape index (κ2) is 11.0. The van der Waals surface area contributed by atoms with Gasteiger partial charge in [-0.25, -0.2) is 4.98 Å². The number of ether oxygens (including phenoxy) is 3. The fraction of sp³-hybridized carbons (Fsp3) is 0.250. The highest BCUT2D eigenvalue weighted by molar-refractivity contribution is 6.32. The molecule has 0 spiro atoms. The van der Waals surface area contributed by atoms with Crippen LogP contribution in [0.3, 0.4) is 0 Å². The Bertz CT molecular complexity index is 1240. The summed E-state index contributed by atoms with van der Waals surface area (Å²) in [6.45, 7) is 0.220. The number of oxazole rings is 1. The molecule has 11 heteroatoms. The van der Waals surface area contributed by atoms with Crippen molar-refractivity contribution < 1.29 is 33.0 Å². The molecule has 4 rings (SSSR count). The molecular formula is C24H22ClN3O7. The number of nitrogens with one attached hydrogen (secondary N) is 1. The van der Waals surface area contributed by atoms with Crippen molar-refractivity contribution in [2.75, 3.05) is 38.4 Å². The fourth-order valence-electron chi connectivity index (χ4n) is 3.32. The Labute approximate surface area is 205 Å². The van der Waals surface area contributed by atoms with Crippen molar-refractivity contribution in [1.29, 1.82) is 0 Å². The van der Waals surface area contributed by atoms with Crippen LogP contribution in [0.4, 0.5) is 5.69 Å². The van der Waals surface area contributed by atoms with Crippen LogP contribution in [0, 0.1) is 0 Å². The maximum Gasteiger partial charge on any atom is 0.273 e. The largest absolute Gasteiger partial charge is 0.484 e. The molecule has 0 aliphatic carbocycles. The van der Waals surface area contributed by atoms with E-state index < -0.39 is 5.91 Å². The third-order valence-corrected chi connectivity index (χ3v) is 5.40. The molecule has 1 aliphatic heterocycles. The molecule has 3 aromatic rings. The summed E-state index contributed by atoms with van der Waals surface area (Å²) in [5, 5.41) is 3.04. The molecule has 1 N–H and O–H groups in total. The smallest absolute Gasteiger partial charge is 0.273 e. The molecule has 35 heavy (non-hydrogen) atoms. The summed E-state index contributed by atoms with van der Waals surface area (Å²) >= 11 is 6.07. The van der Waals surface area contributed by atoms with E-state index in [4.69, 9.17) is 30.2 Å². The molecule has 0 bridgehead atoms. The van der Waals surface area contributed by atoms with Crippen LogP contribution in [0.25, 0.3) is 0 Å². The van der Waals surface area contributed by atoms with E-state index in [-0.39, 0.29) is 43.0 Å². The summed E-state index contributed by atoms with van der Waals surface area (Å²) < 4.78 is 21.3. The van der Waals surface area contributed by atoms with Gasteiger partial charge in [-0.15, -0.1) is 0 Å². The van der Waals surface area contributed by atoms with Crippen molar-refractivity contribution >= 4 is 34.9 Å². The number of rotatable bonds is 10. The Morgan fingerprint density at radius 2 is 2.06 bits per heavy atom. The fourth-order valence-corrected chi connectivity index (χ4v) is 3.51. The molecule has 1 aromatic heterocycles. The van der Waals surface area contributed by atoms with E-state index >= 15 is 0 Å². The van der Waals surface area contributed by atoms with E-state index in [0.29, 0.717) is 40.9 Å². The standard InChI is InChI=1S/C24H22ClN3O7/c1-32-9-8-26-24(31)17-12-35-22(27-17)11-28-18-10-15(6-7-21(18)34-14-23(28)30)19(29)13-33-20-5-3-2-4-16(20)25/h2-7,10,12H,8-9,11,13-14H2,1H3,(H,26,31). The first-order valence-corrected chi connectivity index (χ1v) is 11.0. The minimum atomic E-state index is -0.419. The predicted molar refractivity (Wildman–Crippen MR) is 125 cm³/mol. The van der Waals surface area contributed by atoms with Crippen LogP contribution in [-0.2, 0) is 16.1 Å². The van der Waals surface area contributed by atoms with Gasteiger partial charge in [-0.3, -0.25) is 19.3 Å². The Hall–Kier alpha value is -3.89. The van der Waals surface area contributed by atoms with Crippen molar-refractivity contribution in [2.45, 2.75) is 6.54 Å². The zero-order chi connectivity index (χ0) is 24.8. The SMILES string of the molecule is COCCNC(=O)c1coc(CN2C(=O)COc3ccc(C(=O)COc4ccccc4Cl)cc32)n1. The van der Waals surface area contributed by atoms with Crippen LogP contribution < -0.4 is 19.7 Å². The summed E-state index contributed by atoms with van der Waals surface area (Å²) in [5.74, 6) is -0.0987. The number of hydrogen-bond acceptors (Lipinski definition) is 8. The maximum absolute atomic E-state index is 12.8. The zero-order valence-electron chi connectivity index (χ0n) is 18.8. The van der Waals surface area contributed by atoms with Gasteiger partial charge in [-0.2, -0.15) is 0 Å². The Kier molecular flexibility index (Phi) is 7.64. The summed E-state index contributed by atoms with van der Waals surface area (Å²) in [7, 11) is 1.53. The van der Waals surface area contributed by atoms with E-state index in [1.807, 2.05) is 0 Å². The second-order valence-electron chi connectivity index (χ2n) is 7.47. The number of carbonyl (C=O) groups is 3. The lowest BCUT2D eigenvalue weighted by Gasteiger charge is -2.28. The number of amides is 2. The van der Waals surface area contributed by atoms with Crippen LogP contribution in [0.5, 0.6) is 11.5 Å². The van der Waals surface area contributed by atoms with Gasteiger partial charge >= 0.3 is 0 Å². The van der Waals surface area contributed by atoms with Crippen LogP contribution in [0.1, 0.15) is 26.7 Å². The number of hydrogen-bond donors (Lipinski definition) is 1. The van der Waals surface area contributed by atoms with Crippen LogP contribution in [0.15, 0.2) is 53.1 Å². The Morgan fingerprint density at radius 1 is 1.23 bits per heavy atom. The van der Waals surface area contributed by atoms with E-state index in [0.717, 1.165) is 0 Å². The van der Waals surface area contributed by atoms with Gasteiger partial charge in [0.25, 0.3) is 11.8 Å². The molecule has 10 nitrogen and oxygen atoms in total. The van der Waals surface area contributed by atoms with Crippen molar-refractivity contribution in [3.63, 3.8) is 0 Å². The molecule has 182 valence electrons. The highest BCUT2D eigenvalue weighted by Crippen LogP contribution is 2.34. The van der Waals surface area contributed by atoms with Gasteiger partial charge in [-0.05, 0) is 30.3 Å². The molecule has 0 unspecified atom stereocenters. The first-order valence-electron chi connectivity index (χ1n) is 10.7. The number of aromatic nitrogens is 1. The topological polar surface area (TPSA) is 120 Å². The minimum absolute atomic E-state index is 0.0473. The molecule has 2 heterocycles. The summed E-state index contributed by atoms with van der Waals surface area (Å²) in [5.41, 5.74) is 0.788. The number of Topliss-reactive ketones (excluding diaryl/α,β-unsaturated/α-hetero) is 1. The highest BCUT2D eigenvalue weighted by Gasteiger charge is 2.28. The lowest BCUT2D eigenvalue weighted by molar-refractivity contribution is -0.121. The van der Waals surface area contributed by atoms with Gasteiger partial charge in [0.05, 0.1) is 17.3 Å². The van der Waals surface area contributed by atoms with Gasteiger partial charge in [0.1, 0.15) is 24.3 Å². The van der Waals surface area contributed by atoms with E-state index in [2.05, 4.69) is 10.3 Å². The molecule has 0 saturated heterocycles. The number of anilines is 1. The molecule has 0 saturated carbocycles. The number of methoxy groups -OCH3 is 1. The molecule has 2 aromatic carbocycles. The van der Waals surface area contributed by atoms with Gasteiger partial charge in [0.15, 0.2) is 24.7 Å². The van der Waals surface area contributed by atoms with Gasteiger partial charge in [-0.1, -0.05) is 23.7 Å². The maximum atomic E-state index is 12.8. The van der Waals surface area contributed by atoms with Gasteiger partial charge < -0.3 is 23.9 Å². The normalized spacial score (nSPS) is 12.6.